The Morgan fingerprint density at radius 3 is 2.13 bits per heavy atom. The van der Waals surface area contributed by atoms with E-state index in [4.69, 9.17) is 0 Å². The Morgan fingerprint density at radius 1 is 0.447 bits per heavy atom. The molecule has 8 aromatic rings. The van der Waals surface area contributed by atoms with Gasteiger partial charge in [-0.2, -0.15) is 0 Å². The molecular formula is C34H20N4. The van der Waals surface area contributed by atoms with E-state index < -0.39 is 0 Å². The van der Waals surface area contributed by atoms with Crippen LogP contribution < -0.4 is 0 Å². The molecule has 0 fully saturated rings. The molecule has 2 heterocycles. The maximum absolute atomic E-state index is 4.51. The highest BCUT2D eigenvalue weighted by Crippen LogP contribution is 2.40. The highest BCUT2D eigenvalue weighted by Gasteiger charge is 2.13. The number of nitrogens with zero attached hydrogens (tertiary/aromatic N) is 4. The van der Waals surface area contributed by atoms with Gasteiger partial charge in [0.1, 0.15) is 6.33 Å². The summed E-state index contributed by atoms with van der Waals surface area (Å²) in [5, 5.41) is 8.48. The third-order valence-corrected chi connectivity index (χ3v) is 7.46. The summed E-state index contributed by atoms with van der Waals surface area (Å²) < 4.78 is 0. The van der Waals surface area contributed by atoms with Gasteiger partial charge in [0.05, 0.1) is 16.6 Å². The summed E-state index contributed by atoms with van der Waals surface area (Å²) in [5.74, 6) is 0. The molecule has 0 amide bonds. The van der Waals surface area contributed by atoms with Crippen molar-refractivity contribution in [1.29, 1.82) is 0 Å². The fourth-order valence-electron chi connectivity index (χ4n) is 5.64. The SMILES string of the molecule is c1ccc2c(c1)c(-c1ccc3ncncc3c1)cc1ccc3ccc(-c4ccc5nccnc5c4)cc3c12. The average molecular weight is 485 g/mol. The second-order valence-corrected chi connectivity index (χ2v) is 9.63. The van der Waals surface area contributed by atoms with E-state index in [1.165, 1.54) is 43.4 Å². The normalized spacial score (nSPS) is 11.7. The van der Waals surface area contributed by atoms with Gasteiger partial charge in [0.2, 0.25) is 0 Å². The molecule has 0 bridgehead atoms. The van der Waals surface area contributed by atoms with Gasteiger partial charge in [-0.15, -0.1) is 0 Å². The highest BCUT2D eigenvalue weighted by atomic mass is 14.8. The Balaban J connectivity index is 1.40. The first kappa shape index (κ1) is 20.9. The number of aromatic nitrogens is 4. The monoisotopic (exact) mass is 484 g/mol. The van der Waals surface area contributed by atoms with Gasteiger partial charge >= 0.3 is 0 Å². The van der Waals surface area contributed by atoms with Crippen LogP contribution in [0.3, 0.4) is 0 Å². The minimum absolute atomic E-state index is 0.902. The second kappa shape index (κ2) is 8.15. The number of hydrogen-bond acceptors (Lipinski definition) is 4. The molecule has 2 aromatic heterocycles. The molecule has 6 aromatic carbocycles. The molecule has 38 heavy (non-hydrogen) atoms. The van der Waals surface area contributed by atoms with E-state index in [1.54, 1.807) is 18.7 Å². The van der Waals surface area contributed by atoms with Crippen LogP contribution in [0.5, 0.6) is 0 Å². The van der Waals surface area contributed by atoms with Gasteiger partial charge in [0.15, 0.2) is 0 Å². The van der Waals surface area contributed by atoms with Crippen molar-refractivity contribution >= 4 is 54.3 Å². The molecule has 4 heteroatoms. The lowest BCUT2D eigenvalue weighted by molar-refractivity contribution is 1.22. The summed E-state index contributed by atoms with van der Waals surface area (Å²) in [4.78, 5) is 17.5. The van der Waals surface area contributed by atoms with Crippen LogP contribution in [0, 0.1) is 0 Å². The lowest BCUT2D eigenvalue weighted by Crippen LogP contribution is -1.88. The smallest absolute Gasteiger partial charge is 0.116 e. The van der Waals surface area contributed by atoms with Gasteiger partial charge in [-0.05, 0) is 91.0 Å². The van der Waals surface area contributed by atoms with Gasteiger partial charge in [0.25, 0.3) is 0 Å². The summed E-state index contributed by atoms with van der Waals surface area (Å²) in [5.41, 5.74) is 7.43. The average Bonchev–Trinajstić information content (AvgIpc) is 2.99. The van der Waals surface area contributed by atoms with Crippen LogP contribution in [0.4, 0.5) is 0 Å². The zero-order valence-corrected chi connectivity index (χ0v) is 20.3. The Kier molecular flexibility index (Phi) is 4.49. The van der Waals surface area contributed by atoms with Crippen LogP contribution in [-0.2, 0) is 0 Å². The third kappa shape index (κ3) is 3.24. The maximum atomic E-state index is 4.51. The van der Waals surface area contributed by atoms with E-state index in [9.17, 15) is 0 Å². The molecule has 0 saturated heterocycles. The molecule has 0 N–H and O–H groups in total. The molecule has 8 rings (SSSR count). The number of hydrogen-bond donors (Lipinski definition) is 0. The Labute approximate surface area is 218 Å². The largest absolute Gasteiger partial charge is 0.253 e. The second-order valence-electron chi connectivity index (χ2n) is 9.63. The zero-order valence-electron chi connectivity index (χ0n) is 20.3. The minimum atomic E-state index is 0.902. The number of fused-ring (bicyclic) bond motifs is 7. The number of rotatable bonds is 2. The van der Waals surface area contributed by atoms with E-state index in [1.807, 2.05) is 12.3 Å². The Hall–Kier alpha value is -5.22. The molecule has 0 aliphatic carbocycles. The van der Waals surface area contributed by atoms with Gasteiger partial charge in [0, 0.05) is 24.0 Å². The molecule has 0 unspecified atom stereocenters. The van der Waals surface area contributed by atoms with Gasteiger partial charge < -0.3 is 0 Å². The molecule has 0 saturated carbocycles. The fourth-order valence-corrected chi connectivity index (χ4v) is 5.64. The van der Waals surface area contributed by atoms with Crippen molar-refractivity contribution < 1.29 is 0 Å². The number of benzene rings is 6. The predicted molar refractivity (Wildman–Crippen MR) is 156 cm³/mol. The van der Waals surface area contributed by atoms with Crippen LogP contribution >= 0.6 is 0 Å². The molecule has 0 atom stereocenters. The molecule has 4 nitrogen and oxygen atoms in total. The van der Waals surface area contributed by atoms with Crippen molar-refractivity contribution in [3.05, 3.63) is 122 Å². The Morgan fingerprint density at radius 2 is 1.18 bits per heavy atom. The topological polar surface area (TPSA) is 51.6 Å². The van der Waals surface area contributed by atoms with E-state index in [-0.39, 0.29) is 0 Å². The first-order chi connectivity index (χ1) is 18.8. The van der Waals surface area contributed by atoms with Gasteiger partial charge in [-0.1, -0.05) is 60.7 Å². The van der Waals surface area contributed by atoms with Gasteiger partial charge in [-0.3, -0.25) is 9.97 Å². The lowest BCUT2D eigenvalue weighted by Gasteiger charge is -2.14. The summed E-state index contributed by atoms with van der Waals surface area (Å²) in [6.07, 6.45) is 6.95. The summed E-state index contributed by atoms with van der Waals surface area (Å²) in [6.45, 7) is 0. The van der Waals surface area contributed by atoms with E-state index in [2.05, 4.69) is 111 Å². The standard InChI is InChI=1S/C34H20N4/c1-2-4-28-27(3-1)29(24-10-11-31-26(15-24)19-35-20-38-31)17-25-8-6-21-5-7-22(16-30(21)34(25)28)23-9-12-32-33(18-23)37-14-13-36-32/h1-20H. The van der Waals surface area contributed by atoms with Crippen molar-refractivity contribution in [2.24, 2.45) is 0 Å². The van der Waals surface area contributed by atoms with Crippen molar-refractivity contribution in [3.8, 4) is 22.3 Å². The van der Waals surface area contributed by atoms with Gasteiger partial charge in [-0.25, -0.2) is 9.97 Å². The maximum Gasteiger partial charge on any atom is 0.116 e. The molecule has 0 aliphatic heterocycles. The lowest BCUT2D eigenvalue weighted by atomic mass is 9.89. The first-order valence-electron chi connectivity index (χ1n) is 12.6. The summed E-state index contributed by atoms with van der Waals surface area (Å²) in [6, 6.07) is 34.9. The van der Waals surface area contributed by atoms with Crippen LogP contribution in [0.1, 0.15) is 0 Å². The van der Waals surface area contributed by atoms with Crippen molar-refractivity contribution in [2.45, 2.75) is 0 Å². The third-order valence-electron chi connectivity index (χ3n) is 7.46. The van der Waals surface area contributed by atoms with Crippen LogP contribution in [0.25, 0.3) is 76.5 Å². The molecular weight excluding hydrogens is 464 g/mol. The van der Waals surface area contributed by atoms with E-state index >= 15 is 0 Å². The van der Waals surface area contributed by atoms with Crippen molar-refractivity contribution in [3.63, 3.8) is 0 Å². The Bertz CT molecular complexity index is 2200. The van der Waals surface area contributed by atoms with Crippen LogP contribution in [0.15, 0.2) is 122 Å². The molecule has 0 aliphatic rings. The van der Waals surface area contributed by atoms with E-state index in [0.29, 0.717) is 0 Å². The first-order valence-corrected chi connectivity index (χ1v) is 12.6. The van der Waals surface area contributed by atoms with E-state index in [0.717, 1.165) is 33.1 Å². The van der Waals surface area contributed by atoms with Crippen LogP contribution in [-0.4, -0.2) is 19.9 Å². The molecule has 176 valence electrons. The quantitative estimate of drug-likeness (QED) is 0.231. The predicted octanol–water partition coefficient (Wildman–Crippen LogP) is 8.37. The highest BCUT2D eigenvalue weighted by molar-refractivity contribution is 6.23. The molecule has 0 spiro atoms. The van der Waals surface area contributed by atoms with Crippen molar-refractivity contribution in [1.82, 2.24) is 19.9 Å². The summed E-state index contributed by atoms with van der Waals surface area (Å²) >= 11 is 0. The van der Waals surface area contributed by atoms with Crippen LogP contribution in [0.2, 0.25) is 0 Å². The molecule has 0 radical (unpaired) electrons. The minimum Gasteiger partial charge on any atom is -0.253 e. The summed E-state index contributed by atoms with van der Waals surface area (Å²) in [7, 11) is 0. The fraction of sp³-hybridized carbons (Fsp3) is 0. The van der Waals surface area contributed by atoms with Crippen molar-refractivity contribution in [2.75, 3.05) is 0 Å². The zero-order chi connectivity index (χ0) is 25.1.